The highest BCUT2D eigenvalue weighted by molar-refractivity contribution is 5.92. The SMILES string of the molecule is c1ccc(-c2ccc(-c3cc4ccccc4nc3-c3cc4ccc3CCc3ccc(cc3)CC4)cc2)cc1. The first kappa shape index (κ1) is 22.7. The number of aromatic nitrogens is 1. The fourth-order valence-corrected chi connectivity index (χ4v) is 5.67. The van der Waals surface area contributed by atoms with Gasteiger partial charge in [-0.25, -0.2) is 4.98 Å². The average Bonchev–Trinajstić information content (AvgIpc) is 2.98. The Kier molecular flexibility index (Phi) is 5.83. The third kappa shape index (κ3) is 4.41. The third-order valence-corrected chi connectivity index (χ3v) is 7.86. The summed E-state index contributed by atoms with van der Waals surface area (Å²) in [7, 11) is 0. The molecule has 4 aliphatic rings. The molecule has 6 aromatic rings. The van der Waals surface area contributed by atoms with Crippen molar-refractivity contribution >= 4 is 10.9 Å². The maximum atomic E-state index is 5.31. The lowest BCUT2D eigenvalue weighted by Gasteiger charge is -2.18. The Balaban J connectivity index is 1.38. The number of nitrogens with zero attached hydrogens (tertiary/aromatic N) is 1. The van der Waals surface area contributed by atoms with Crippen molar-refractivity contribution in [1.82, 2.24) is 4.98 Å². The summed E-state index contributed by atoms with van der Waals surface area (Å²) in [6.45, 7) is 0. The molecule has 0 atom stereocenters. The van der Waals surface area contributed by atoms with Crippen LogP contribution in [0.1, 0.15) is 22.3 Å². The molecule has 1 heterocycles. The van der Waals surface area contributed by atoms with Crippen molar-refractivity contribution in [1.29, 1.82) is 0 Å². The Morgan fingerprint density at radius 1 is 0.421 bits per heavy atom. The average molecular weight is 488 g/mol. The second-order valence-electron chi connectivity index (χ2n) is 10.3. The molecule has 38 heavy (non-hydrogen) atoms. The highest BCUT2D eigenvalue weighted by Gasteiger charge is 2.17. The number of benzene rings is 5. The molecule has 0 amide bonds. The largest absolute Gasteiger partial charge is 0.247 e. The lowest BCUT2D eigenvalue weighted by molar-refractivity contribution is 0.922. The van der Waals surface area contributed by atoms with Gasteiger partial charge < -0.3 is 0 Å². The zero-order chi connectivity index (χ0) is 25.3. The van der Waals surface area contributed by atoms with E-state index in [0.29, 0.717) is 0 Å². The number of hydrogen-bond donors (Lipinski definition) is 0. The fraction of sp³-hybridized carbons (Fsp3) is 0.108. The second-order valence-corrected chi connectivity index (χ2v) is 10.3. The lowest BCUT2D eigenvalue weighted by Crippen LogP contribution is -2.02. The first-order valence-corrected chi connectivity index (χ1v) is 13.6. The van der Waals surface area contributed by atoms with Crippen LogP contribution in [0, 0.1) is 0 Å². The molecule has 0 saturated carbocycles. The Labute approximate surface area is 224 Å². The summed E-state index contributed by atoms with van der Waals surface area (Å²) in [6.07, 6.45) is 4.11. The van der Waals surface area contributed by atoms with Crippen LogP contribution in [0.2, 0.25) is 0 Å². The van der Waals surface area contributed by atoms with Gasteiger partial charge in [0.25, 0.3) is 0 Å². The van der Waals surface area contributed by atoms with Crippen molar-refractivity contribution in [2.45, 2.75) is 25.7 Å². The van der Waals surface area contributed by atoms with Crippen molar-refractivity contribution in [2.24, 2.45) is 0 Å². The van der Waals surface area contributed by atoms with E-state index < -0.39 is 0 Å². The second kappa shape index (κ2) is 9.76. The summed E-state index contributed by atoms with van der Waals surface area (Å²) in [5.41, 5.74) is 13.8. The molecule has 0 spiro atoms. The Hall–Kier alpha value is -4.49. The van der Waals surface area contributed by atoms with Gasteiger partial charge in [-0.15, -0.1) is 0 Å². The summed E-state index contributed by atoms with van der Waals surface area (Å²) in [4.78, 5) is 5.31. The molecule has 1 heteroatoms. The van der Waals surface area contributed by atoms with E-state index in [2.05, 4.69) is 127 Å². The smallest absolute Gasteiger partial charge is 0.0790 e. The Morgan fingerprint density at radius 3 is 1.82 bits per heavy atom. The van der Waals surface area contributed by atoms with Crippen molar-refractivity contribution < 1.29 is 0 Å². The van der Waals surface area contributed by atoms with Crippen LogP contribution < -0.4 is 0 Å². The number of para-hydroxylation sites is 1. The molecule has 10 rings (SSSR count). The third-order valence-electron chi connectivity index (χ3n) is 7.86. The lowest BCUT2D eigenvalue weighted by atomic mass is 9.89. The van der Waals surface area contributed by atoms with Gasteiger partial charge in [-0.2, -0.15) is 0 Å². The van der Waals surface area contributed by atoms with Gasteiger partial charge in [0.1, 0.15) is 0 Å². The summed E-state index contributed by atoms with van der Waals surface area (Å²) in [5.74, 6) is 0. The quantitative estimate of drug-likeness (QED) is 0.242. The number of pyridine rings is 1. The molecule has 0 saturated heterocycles. The zero-order valence-electron chi connectivity index (χ0n) is 21.4. The van der Waals surface area contributed by atoms with E-state index in [-0.39, 0.29) is 0 Å². The van der Waals surface area contributed by atoms with E-state index in [4.69, 9.17) is 4.98 Å². The van der Waals surface area contributed by atoms with E-state index in [1.807, 2.05) is 0 Å². The molecule has 4 aliphatic carbocycles. The highest BCUT2D eigenvalue weighted by atomic mass is 14.7. The maximum Gasteiger partial charge on any atom is 0.0790 e. The summed E-state index contributed by atoms with van der Waals surface area (Å²) < 4.78 is 0. The van der Waals surface area contributed by atoms with Crippen LogP contribution in [0.25, 0.3) is 44.4 Å². The van der Waals surface area contributed by atoms with E-state index in [0.717, 1.165) is 36.9 Å². The van der Waals surface area contributed by atoms with E-state index in [1.54, 1.807) is 0 Å². The number of aryl methyl sites for hydroxylation is 4. The summed E-state index contributed by atoms with van der Waals surface area (Å²) in [5, 5.41) is 1.17. The minimum Gasteiger partial charge on any atom is -0.247 e. The topological polar surface area (TPSA) is 12.9 Å². The first-order valence-electron chi connectivity index (χ1n) is 13.6. The fourth-order valence-electron chi connectivity index (χ4n) is 5.67. The van der Waals surface area contributed by atoms with E-state index >= 15 is 0 Å². The van der Waals surface area contributed by atoms with Gasteiger partial charge in [0, 0.05) is 16.5 Å². The van der Waals surface area contributed by atoms with Crippen molar-refractivity contribution in [3.8, 4) is 33.5 Å². The van der Waals surface area contributed by atoms with Crippen LogP contribution in [-0.4, -0.2) is 4.98 Å². The van der Waals surface area contributed by atoms with E-state index in [1.165, 1.54) is 55.5 Å². The van der Waals surface area contributed by atoms with Gasteiger partial charge in [0.05, 0.1) is 11.2 Å². The molecule has 0 radical (unpaired) electrons. The molecule has 0 N–H and O–H groups in total. The predicted molar refractivity (Wildman–Crippen MR) is 159 cm³/mol. The van der Waals surface area contributed by atoms with Crippen LogP contribution in [0.15, 0.2) is 127 Å². The standard InChI is InChI=1S/C37H29N/c1-2-6-29(7-3-1)30-20-22-32(23-21-30)35-25-33-8-4-5-9-36(33)38-37(35)34-24-28-15-14-26-10-12-27(13-11-26)16-18-31(34)19-17-28/h1-13,17,19-25H,14-16,18H2. The molecule has 0 fully saturated rings. The zero-order valence-corrected chi connectivity index (χ0v) is 21.4. The van der Waals surface area contributed by atoms with Gasteiger partial charge in [-0.05, 0) is 82.8 Å². The van der Waals surface area contributed by atoms with Crippen LogP contribution in [0.4, 0.5) is 0 Å². The monoisotopic (exact) mass is 487 g/mol. The van der Waals surface area contributed by atoms with Crippen LogP contribution in [-0.2, 0) is 25.7 Å². The summed E-state index contributed by atoms with van der Waals surface area (Å²) >= 11 is 0. The van der Waals surface area contributed by atoms with Crippen LogP contribution in [0.3, 0.4) is 0 Å². The van der Waals surface area contributed by atoms with Gasteiger partial charge in [-0.3, -0.25) is 0 Å². The number of hydrogen-bond acceptors (Lipinski definition) is 1. The maximum absolute atomic E-state index is 5.31. The molecular weight excluding hydrogens is 458 g/mol. The normalized spacial score (nSPS) is 12.8. The molecule has 182 valence electrons. The molecule has 4 bridgehead atoms. The molecule has 0 aliphatic heterocycles. The van der Waals surface area contributed by atoms with Gasteiger partial charge in [0.15, 0.2) is 0 Å². The molecule has 1 nitrogen and oxygen atoms in total. The van der Waals surface area contributed by atoms with Gasteiger partial charge >= 0.3 is 0 Å². The predicted octanol–water partition coefficient (Wildman–Crippen LogP) is 9.12. The molecular formula is C37H29N. The van der Waals surface area contributed by atoms with Crippen LogP contribution in [0.5, 0.6) is 0 Å². The first-order chi connectivity index (χ1) is 18.8. The Morgan fingerprint density at radius 2 is 1.03 bits per heavy atom. The molecule has 0 unspecified atom stereocenters. The number of fused-ring (bicyclic) bond motifs is 1. The van der Waals surface area contributed by atoms with Crippen molar-refractivity contribution in [2.75, 3.05) is 0 Å². The minimum absolute atomic E-state index is 0.996. The molecule has 5 aromatic carbocycles. The van der Waals surface area contributed by atoms with Crippen molar-refractivity contribution in [3.05, 3.63) is 150 Å². The van der Waals surface area contributed by atoms with Gasteiger partial charge in [-0.1, -0.05) is 109 Å². The summed E-state index contributed by atoms with van der Waals surface area (Å²) in [6, 6.07) is 46.6. The van der Waals surface area contributed by atoms with Crippen LogP contribution >= 0.6 is 0 Å². The molecule has 1 aromatic heterocycles. The van der Waals surface area contributed by atoms with E-state index in [9.17, 15) is 0 Å². The van der Waals surface area contributed by atoms with Gasteiger partial charge in [0.2, 0.25) is 0 Å². The van der Waals surface area contributed by atoms with Crippen molar-refractivity contribution in [3.63, 3.8) is 0 Å². The Bertz CT molecular complexity index is 1730. The minimum atomic E-state index is 0.996. The highest BCUT2D eigenvalue weighted by Crippen LogP contribution is 2.37. The number of rotatable bonds is 3.